The Labute approximate surface area is 149 Å². The van der Waals surface area contributed by atoms with Crippen molar-refractivity contribution >= 4 is 0 Å². The standard InChI is InChI=1S/C21H25NO3/c1-24-20-9-5-3-6-16(20)12-18(13-23)22-11-10-21(15-22)19-8-4-2-7-17(19)14-25-21/h2-9,18,23H,10-15H2,1H3. The normalized spacial score (nSPS) is 23.8. The number of likely N-dealkylation sites (tertiary alicyclic amines) is 1. The summed E-state index contributed by atoms with van der Waals surface area (Å²) in [4.78, 5) is 2.37. The van der Waals surface area contributed by atoms with Crippen LogP contribution in [0.2, 0.25) is 0 Å². The third kappa shape index (κ3) is 2.95. The van der Waals surface area contributed by atoms with Gasteiger partial charge in [-0.05, 0) is 35.6 Å². The van der Waals surface area contributed by atoms with Crippen LogP contribution in [0.15, 0.2) is 48.5 Å². The van der Waals surface area contributed by atoms with Crippen molar-refractivity contribution in [2.45, 2.75) is 31.1 Å². The monoisotopic (exact) mass is 339 g/mol. The summed E-state index contributed by atoms with van der Waals surface area (Å²) in [6, 6.07) is 16.7. The Bertz CT molecular complexity index is 747. The molecule has 2 aliphatic heterocycles. The Morgan fingerprint density at radius 3 is 2.84 bits per heavy atom. The van der Waals surface area contributed by atoms with Gasteiger partial charge in [-0.3, -0.25) is 4.90 Å². The van der Waals surface area contributed by atoms with Gasteiger partial charge in [0.2, 0.25) is 0 Å². The zero-order valence-corrected chi connectivity index (χ0v) is 14.6. The van der Waals surface area contributed by atoms with Gasteiger partial charge in [0.1, 0.15) is 11.4 Å². The molecule has 1 fully saturated rings. The van der Waals surface area contributed by atoms with E-state index in [9.17, 15) is 5.11 Å². The average Bonchev–Trinajstić information content (AvgIpc) is 3.26. The predicted octanol–water partition coefficient (Wildman–Crippen LogP) is 2.73. The number of nitrogens with zero attached hydrogens (tertiary/aromatic N) is 1. The molecular weight excluding hydrogens is 314 g/mol. The fourth-order valence-corrected chi connectivity index (χ4v) is 4.28. The number of ether oxygens (including phenoxy) is 2. The van der Waals surface area contributed by atoms with E-state index in [1.54, 1.807) is 7.11 Å². The summed E-state index contributed by atoms with van der Waals surface area (Å²) in [6.07, 6.45) is 1.75. The second-order valence-corrected chi connectivity index (χ2v) is 7.01. The highest BCUT2D eigenvalue weighted by Crippen LogP contribution is 2.43. The van der Waals surface area contributed by atoms with E-state index in [2.05, 4.69) is 35.2 Å². The first kappa shape index (κ1) is 16.6. The molecule has 132 valence electrons. The largest absolute Gasteiger partial charge is 0.496 e. The summed E-state index contributed by atoms with van der Waals surface area (Å²) in [7, 11) is 1.70. The lowest BCUT2D eigenvalue weighted by Gasteiger charge is -2.29. The average molecular weight is 339 g/mol. The van der Waals surface area contributed by atoms with Crippen LogP contribution in [0.1, 0.15) is 23.1 Å². The first-order valence-corrected chi connectivity index (χ1v) is 8.95. The highest BCUT2D eigenvalue weighted by Gasteiger charge is 2.46. The fraction of sp³-hybridized carbons (Fsp3) is 0.429. The Balaban J connectivity index is 1.52. The van der Waals surface area contributed by atoms with Crippen molar-refractivity contribution in [3.63, 3.8) is 0 Å². The molecular formula is C21H25NO3. The molecule has 25 heavy (non-hydrogen) atoms. The molecule has 4 rings (SSSR count). The second kappa shape index (κ2) is 6.79. The number of fused-ring (bicyclic) bond motifs is 2. The molecule has 2 unspecified atom stereocenters. The van der Waals surface area contributed by atoms with Crippen molar-refractivity contribution in [3.05, 3.63) is 65.2 Å². The Kier molecular flexibility index (Phi) is 4.50. The zero-order valence-electron chi connectivity index (χ0n) is 14.6. The maximum atomic E-state index is 10.0. The number of hydrogen-bond acceptors (Lipinski definition) is 4. The molecule has 0 amide bonds. The minimum Gasteiger partial charge on any atom is -0.496 e. The lowest BCUT2D eigenvalue weighted by molar-refractivity contribution is -0.0337. The van der Waals surface area contributed by atoms with E-state index in [1.165, 1.54) is 11.1 Å². The summed E-state index contributed by atoms with van der Waals surface area (Å²) in [6.45, 7) is 2.61. The molecule has 2 aromatic carbocycles. The maximum Gasteiger partial charge on any atom is 0.122 e. The third-order valence-corrected chi connectivity index (χ3v) is 5.65. The number of para-hydroxylation sites is 1. The van der Waals surface area contributed by atoms with Crippen LogP contribution >= 0.6 is 0 Å². The van der Waals surface area contributed by atoms with Gasteiger partial charge in [-0.1, -0.05) is 42.5 Å². The van der Waals surface area contributed by atoms with Crippen LogP contribution in [0.3, 0.4) is 0 Å². The number of aliphatic hydroxyl groups is 1. The van der Waals surface area contributed by atoms with E-state index < -0.39 is 0 Å². The van der Waals surface area contributed by atoms with Gasteiger partial charge >= 0.3 is 0 Å². The molecule has 1 saturated heterocycles. The fourth-order valence-electron chi connectivity index (χ4n) is 4.28. The molecule has 1 spiro atoms. The second-order valence-electron chi connectivity index (χ2n) is 7.01. The minimum absolute atomic E-state index is 0.0760. The minimum atomic E-state index is -0.204. The molecule has 0 radical (unpaired) electrons. The Morgan fingerprint density at radius 1 is 1.20 bits per heavy atom. The van der Waals surface area contributed by atoms with Crippen LogP contribution in [-0.2, 0) is 23.4 Å². The zero-order chi connectivity index (χ0) is 17.3. The van der Waals surface area contributed by atoms with E-state index in [4.69, 9.17) is 9.47 Å². The highest BCUT2D eigenvalue weighted by molar-refractivity contribution is 5.37. The number of hydrogen-bond donors (Lipinski definition) is 1. The van der Waals surface area contributed by atoms with Gasteiger partial charge in [0.05, 0.1) is 20.3 Å². The van der Waals surface area contributed by atoms with Crippen molar-refractivity contribution in [1.82, 2.24) is 4.90 Å². The molecule has 2 atom stereocenters. The van der Waals surface area contributed by atoms with Crippen molar-refractivity contribution in [2.24, 2.45) is 0 Å². The molecule has 2 aliphatic rings. The highest BCUT2D eigenvalue weighted by atomic mass is 16.5. The predicted molar refractivity (Wildman–Crippen MR) is 96.7 cm³/mol. The van der Waals surface area contributed by atoms with Crippen LogP contribution in [0, 0.1) is 0 Å². The van der Waals surface area contributed by atoms with Crippen molar-refractivity contribution in [2.75, 3.05) is 26.8 Å². The third-order valence-electron chi connectivity index (χ3n) is 5.65. The van der Waals surface area contributed by atoms with E-state index in [0.29, 0.717) is 6.61 Å². The lowest BCUT2D eigenvalue weighted by Crippen LogP contribution is -2.40. The number of rotatable bonds is 5. The van der Waals surface area contributed by atoms with E-state index >= 15 is 0 Å². The quantitative estimate of drug-likeness (QED) is 0.909. The van der Waals surface area contributed by atoms with Crippen LogP contribution in [-0.4, -0.2) is 42.9 Å². The van der Waals surface area contributed by atoms with E-state index in [-0.39, 0.29) is 18.2 Å². The molecule has 0 saturated carbocycles. The first-order valence-electron chi connectivity index (χ1n) is 8.95. The van der Waals surface area contributed by atoms with Gasteiger partial charge in [0.15, 0.2) is 0 Å². The van der Waals surface area contributed by atoms with Crippen LogP contribution in [0.25, 0.3) is 0 Å². The summed E-state index contributed by atoms with van der Waals surface area (Å²) >= 11 is 0. The topological polar surface area (TPSA) is 41.9 Å². The summed E-state index contributed by atoms with van der Waals surface area (Å²) in [5.41, 5.74) is 3.56. The summed E-state index contributed by atoms with van der Waals surface area (Å²) in [5, 5.41) is 10.0. The van der Waals surface area contributed by atoms with Gasteiger partial charge < -0.3 is 14.6 Å². The molecule has 2 aromatic rings. The van der Waals surface area contributed by atoms with Crippen LogP contribution < -0.4 is 4.74 Å². The van der Waals surface area contributed by atoms with Crippen molar-refractivity contribution in [1.29, 1.82) is 0 Å². The van der Waals surface area contributed by atoms with Crippen LogP contribution in [0.4, 0.5) is 0 Å². The molecule has 0 aliphatic carbocycles. The van der Waals surface area contributed by atoms with Crippen LogP contribution in [0.5, 0.6) is 5.75 Å². The van der Waals surface area contributed by atoms with E-state index in [1.807, 2.05) is 18.2 Å². The molecule has 4 nitrogen and oxygen atoms in total. The Hall–Kier alpha value is -1.88. The van der Waals surface area contributed by atoms with Crippen molar-refractivity contribution in [3.8, 4) is 5.75 Å². The number of methoxy groups -OCH3 is 1. The molecule has 0 aromatic heterocycles. The summed E-state index contributed by atoms with van der Waals surface area (Å²) < 4.78 is 11.7. The first-order chi connectivity index (χ1) is 12.3. The molecule has 4 heteroatoms. The van der Waals surface area contributed by atoms with Gasteiger partial charge in [0.25, 0.3) is 0 Å². The van der Waals surface area contributed by atoms with Crippen molar-refractivity contribution < 1.29 is 14.6 Å². The van der Waals surface area contributed by atoms with E-state index in [0.717, 1.165) is 37.2 Å². The lowest BCUT2D eigenvalue weighted by atomic mass is 9.91. The van der Waals surface area contributed by atoms with Gasteiger partial charge in [-0.25, -0.2) is 0 Å². The number of benzene rings is 2. The molecule has 1 N–H and O–H groups in total. The molecule has 2 heterocycles. The van der Waals surface area contributed by atoms with Gasteiger partial charge in [-0.2, -0.15) is 0 Å². The number of aliphatic hydroxyl groups excluding tert-OH is 1. The van der Waals surface area contributed by atoms with Gasteiger partial charge in [-0.15, -0.1) is 0 Å². The summed E-state index contributed by atoms with van der Waals surface area (Å²) in [5.74, 6) is 0.886. The Morgan fingerprint density at radius 2 is 2.00 bits per heavy atom. The maximum absolute atomic E-state index is 10.0. The SMILES string of the molecule is COc1ccccc1CC(CO)N1CCC2(C1)OCc1ccccc12. The molecule has 0 bridgehead atoms. The van der Waals surface area contributed by atoms with Gasteiger partial charge in [0, 0.05) is 19.1 Å². The smallest absolute Gasteiger partial charge is 0.122 e.